The lowest BCUT2D eigenvalue weighted by molar-refractivity contribution is 0.551. The Morgan fingerprint density at radius 3 is 1.00 bits per heavy atom. The Balaban J connectivity index is 1.08. The van der Waals surface area contributed by atoms with Crippen LogP contribution in [0.4, 0.5) is 11.4 Å². The first-order chi connectivity index (χ1) is 24.5. The lowest BCUT2D eigenvalue weighted by Gasteiger charge is -2.13. The Kier molecular flexibility index (Phi) is 18.1. The van der Waals surface area contributed by atoms with Gasteiger partial charge in [0.1, 0.15) is 0 Å². The van der Waals surface area contributed by atoms with Gasteiger partial charge in [-0.2, -0.15) is 0 Å². The molecule has 2 nitrogen and oxygen atoms in total. The lowest BCUT2D eigenvalue weighted by Crippen LogP contribution is -1.99. The predicted octanol–water partition coefficient (Wildman–Crippen LogP) is 13.2. The number of benzene rings is 4. The molecule has 0 bridgehead atoms. The molecule has 0 aliphatic heterocycles. The van der Waals surface area contributed by atoms with Crippen LogP contribution in [-0.2, 0) is 38.5 Å². The third kappa shape index (κ3) is 14.8. The van der Waals surface area contributed by atoms with Crippen LogP contribution in [0, 0.1) is 0 Å². The van der Waals surface area contributed by atoms with Gasteiger partial charge in [0.25, 0.3) is 0 Å². The van der Waals surface area contributed by atoms with Crippen molar-refractivity contribution in [2.45, 2.75) is 155 Å². The lowest BCUT2D eigenvalue weighted by atomic mass is 9.92. The summed E-state index contributed by atoms with van der Waals surface area (Å²) in [6.07, 6.45) is 28.3. The van der Waals surface area contributed by atoms with Crippen molar-refractivity contribution in [3.05, 3.63) is 129 Å². The van der Waals surface area contributed by atoms with Crippen molar-refractivity contribution in [3.63, 3.8) is 0 Å². The van der Waals surface area contributed by atoms with Gasteiger partial charge in [-0.05, 0) is 133 Å². The van der Waals surface area contributed by atoms with Crippen LogP contribution in [0.3, 0.4) is 0 Å². The van der Waals surface area contributed by atoms with Crippen LogP contribution in [0.25, 0.3) is 0 Å². The molecular formula is C48H68N2. The molecule has 50 heavy (non-hydrogen) atoms. The Morgan fingerprint density at radius 2 is 0.640 bits per heavy atom. The third-order valence-corrected chi connectivity index (χ3v) is 10.6. The summed E-state index contributed by atoms with van der Waals surface area (Å²) < 4.78 is 0. The zero-order valence-electron chi connectivity index (χ0n) is 31.8. The molecule has 0 aliphatic carbocycles. The first-order valence-corrected chi connectivity index (χ1v) is 20.4. The second-order valence-electron chi connectivity index (χ2n) is 15.0. The van der Waals surface area contributed by atoms with Gasteiger partial charge in [0.2, 0.25) is 0 Å². The number of rotatable bonds is 25. The molecule has 0 unspecified atom stereocenters. The molecule has 0 aromatic heterocycles. The topological polar surface area (TPSA) is 52.0 Å². The average Bonchev–Trinajstić information content (AvgIpc) is 3.12. The zero-order chi connectivity index (χ0) is 35.2. The maximum absolute atomic E-state index is 5.92. The molecule has 2 heteroatoms. The van der Waals surface area contributed by atoms with Crippen molar-refractivity contribution in [3.8, 4) is 0 Å². The van der Waals surface area contributed by atoms with Crippen molar-refractivity contribution in [2.24, 2.45) is 0 Å². The van der Waals surface area contributed by atoms with Crippen LogP contribution in [-0.4, -0.2) is 0 Å². The van der Waals surface area contributed by atoms with Crippen LogP contribution in [0.1, 0.15) is 161 Å². The Labute approximate surface area is 306 Å². The average molecular weight is 673 g/mol. The Morgan fingerprint density at radius 1 is 0.320 bits per heavy atom. The SMILES string of the molecule is CCCCCc1cc(CCCCCCCCCCCCc2ccc(Cc3ccc(N)cc3)c(CCCCC)c2)ccc1Cc1ccc(N)cc1. The van der Waals surface area contributed by atoms with Crippen LogP contribution in [0.5, 0.6) is 0 Å². The van der Waals surface area contributed by atoms with Crippen LogP contribution >= 0.6 is 0 Å². The summed E-state index contributed by atoms with van der Waals surface area (Å²) in [6.45, 7) is 4.59. The number of aryl methyl sites for hydroxylation is 4. The van der Waals surface area contributed by atoms with E-state index in [2.05, 4.69) is 74.5 Å². The molecule has 0 fully saturated rings. The van der Waals surface area contributed by atoms with E-state index in [-0.39, 0.29) is 0 Å². The van der Waals surface area contributed by atoms with Crippen molar-refractivity contribution in [1.29, 1.82) is 0 Å². The van der Waals surface area contributed by atoms with Crippen molar-refractivity contribution in [2.75, 3.05) is 11.5 Å². The highest BCUT2D eigenvalue weighted by Crippen LogP contribution is 2.23. The largest absolute Gasteiger partial charge is 0.399 e. The number of hydrogen-bond donors (Lipinski definition) is 2. The summed E-state index contributed by atoms with van der Waals surface area (Å²) in [7, 11) is 0. The molecule has 0 saturated heterocycles. The van der Waals surface area contributed by atoms with E-state index >= 15 is 0 Å². The van der Waals surface area contributed by atoms with E-state index in [0.29, 0.717) is 0 Å². The van der Waals surface area contributed by atoms with Crippen LogP contribution < -0.4 is 11.5 Å². The van der Waals surface area contributed by atoms with E-state index in [9.17, 15) is 0 Å². The van der Waals surface area contributed by atoms with E-state index in [1.165, 1.54) is 162 Å². The molecule has 0 aliphatic rings. The molecule has 270 valence electrons. The summed E-state index contributed by atoms with van der Waals surface area (Å²) >= 11 is 0. The van der Waals surface area contributed by atoms with Gasteiger partial charge in [-0.3, -0.25) is 0 Å². The van der Waals surface area contributed by atoms with E-state index in [1.54, 1.807) is 11.1 Å². The minimum absolute atomic E-state index is 0.842. The van der Waals surface area contributed by atoms with E-state index in [1.807, 2.05) is 24.3 Å². The van der Waals surface area contributed by atoms with Gasteiger partial charge in [-0.1, -0.05) is 152 Å². The van der Waals surface area contributed by atoms with E-state index in [4.69, 9.17) is 11.5 Å². The van der Waals surface area contributed by atoms with E-state index < -0.39 is 0 Å². The number of hydrogen-bond acceptors (Lipinski definition) is 2. The quantitative estimate of drug-likeness (QED) is 0.0544. The molecule has 0 heterocycles. The zero-order valence-corrected chi connectivity index (χ0v) is 31.8. The first kappa shape index (κ1) is 39.3. The van der Waals surface area contributed by atoms with Gasteiger partial charge in [-0.25, -0.2) is 0 Å². The van der Waals surface area contributed by atoms with Gasteiger partial charge in [-0.15, -0.1) is 0 Å². The second kappa shape index (κ2) is 23.0. The summed E-state index contributed by atoms with van der Waals surface area (Å²) in [4.78, 5) is 0. The smallest absolute Gasteiger partial charge is 0.0314 e. The minimum atomic E-state index is 0.842. The summed E-state index contributed by atoms with van der Waals surface area (Å²) in [5, 5.41) is 0. The molecule has 4 aromatic carbocycles. The standard InChI is InChI=1S/C48H68N2/c1-3-5-15-21-43-35-39(23-29-45(43)37-41-25-31-47(49)32-26-41)19-17-13-11-9-7-8-10-12-14-18-20-40-24-30-46(44(36-40)22-16-6-4-2)38-42-27-33-48(50)34-28-42/h23-36H,3-22,37-38,49-50H2,1-2H3. The molecule has 0 spiro atoms. The second-order valence-corrected chi connectivity index (χ2v) is 15.0. The first-order valence-electron chi connectivity index (χ1n) is 20.4. The van der Waals surface area contributed by atoms with Crippen LogP contribution in [0.15, 0.2) is 84.9 Å². The van der Waals surface area contributed by atoms with Gasteiger partial charge in [0.15, 0.2) is 0 Å². The highest BCUT2D eigenvalue weighted by atomic mass is 14.5. The summed E-state index contributed by atoms with van der Waals surface area (Å²) in [5.41, 5.74) is 25.4. The molecule has 4 rings (SSSR count). The Hall–Kier alpha value is -3.52. The fourth-order valence-electron chi connectivity index (χ4n) is 7.39. The normalized spacial score (nSPS) is 11.3. The number of unbranched alkanes of at least 4 members (excludes halogenated alkanes) is 13. The Bertz CT molecular complexity index is 1370. The fraction of sp³-hybridized carbons (Fsp3) is 0.500. The van der Waals surface area contributed by atoms with Gasteiger partial charge >= 0.3 is 0 Å². The number of anilines is 2. The predicted molar refractivity (Wildman–Crippen MR) is 220 cm³/mol. The third-order valence-electron chi connectivity index (χ3n) is 10.6. The monoisotopic (exact) mass is 673 g/mol. The molecule has 0 radical (unpaired) electrons. The highest BCUT2D eigenvalue weighted by Gasteiger charge is 2.08. The molecule has 0 atom stereocenters. The maximum Gasteiger partial charge on any atom is 0.0314 e. The number of nitrogens with two attached hydrogens (primary N) is 2. The summed E-state index contributed by atoms with van der Waals surface area (Å²) in [5.74, 6) is 0. The highest BCUT2D eigenvalue weighted by molar-refractivity contribution is 5.43. The van der Waals surface area contributed by atoms with Crippen molar-refractivity contribution < 1.29 is 0 Å². The van der Waals surface area contributed by atoms with Crippen molar-refractivity contribution >= 4 is 11.4 Å². The molecule has 4 N–H and O–H groups in total. The van der Waals surface area contributed by atoms with Crippen LogP contribution in [0.2, 0.25) is 0 Å². The number of nitrogen functional groups attached to an aromatic ring is 2. The molecular weight excluding hydrogens is 605 g/mol. The minimum Gasteiger partial charge on any atom is -0.399 e. The van der Waals surface area contributed by atoms with Gasteiger partial charge in [0, 0.05) is 11.4 Å². The van der Waals surface area contributed by atoms with Gasteiger partial charge < -0.3 is 11.5 Å². The molecule has 0 amide bonds. The van der Waals surface area contributed by atoms with Gasteiger partial charge in [0.05, 0.1) is 0 Å². The maximum atomic E-state index is 5.92. The van der Waals surface area contributed by atoms with E-state index in [0.717, 1.165) is 24.2 Å². The molecule has 4 aromatic rings. The fourth-order valence-corrected chi connectivity index (χ4v) is 7.39. The molecule has 0 saturated carbocycles. The van der Waals surface area contributed by atoms with Crippen molar-refractivity contribution in [1.82, 2.24) is 0 Å². The summed E-state index contributed by atoms with van der Waals surface area (Å²) in [6, 6.07) is 31.4.